The molecule has 2 N–H and O–H groups in total. The van der Waals surface area contributed by atoms with Crippen molar-refractivity contribution < 1.29 is 19.1 Å². The summed E-state index contributed by atoms with van der Waals surface area (Å²) in [6.45, 7) is 0. The number of carboxylic acids is 1. The minimum atomic E-state index is -1.06. The van der Waals surface area contributed by atoms with E-state index in [0.29, 0.717) is 11.1 Å². The molecule has 0 aliphatic rings. The predicted octanol–water partition coefficient (Wildman–Crippen LogP) is 3.32. The first-order valence-electron chi connectivity index (χ1n) is 7.66. The number of hydrogen-bond acceptors (Lipinski definition) is 3. The summed E-state index contributed by atoms with van der Waals surface area (Å²) < 4.78 is 13.1. The number of amides is 1. The van der Waals surface area contributed by atoms with Gasteiger partial charge in [0.05, 0.1) is 18.0 Å². The number of hydrogen-bond donors (Lipinski definition) is 2. The van der Waals surface area contributed by atoms with Crippen molar-refractivity contribution in [3.63, 3.8) is 0 Å². The topological polar surface area (TPSA) is 79.3 Å². The molecule has 126 valence electrons. The highest BCUT2D eigenvalue weighted by Crippen LogP contribution is 2.19. The molecule has 1 heterocycles. The van der Waals surface area contributed by atoms with E-state index in [1.807, 2.05) is 6.07 Å². The van der Waals surface area contributed by atoms with Gasteiger partial charge in [0, 0.05) is 17.1 Å². The Morgan fingerprint density at radius 3 is 2.60 bits per heavy atom. The second-order valence-corrected chi connectivity index (χ2v) is 5.59. The van der Waals surface area contributed by atoms with E-state index in [-0.39, 0.29) is 6.42 Å². The number of carboxylic acid groups (broad SMARTS) is 1. The summed E-state index contributed by atoms with van der Waals surface area (Å²) in [5.74, 6) is -1.88. The van der Waals surface area contributed by atoms with Gasteiger partial charge in [-0.25, -0.2) is 4.39 Å². The average Bonchev–Trinajstić information content (AvgIpc) is 2.61. The number of aliphatic carboxylic acids is 1. The Hall–Kier alpha value is -3.28. The Morgan fingerprint density at radius 2 is 1.88 bits per heavy atom. The summed E-state index contributed by atoms with van der Waals surface area (Å²) in [6, 6.07) is 13.3. The maximum absolute atomic E-state index is 13.1. The highest BCUT2D eigenvalue weighted by atomic mass is 19.1. The molecule has 6 heteroatoms. The fraction of sp³-hybridized carbons (Fsp3) is 0.105. The molecule has 0 spiro atoms. The van der Waals surface area contributed by atoms with Crippen molar-refractivity contribution in [3.8, 4) is 0 Å². The molecule has 0 saturated heterocycles. The lowest BCUT2D eigenvalue weighted by molar-refractivity contribution is -0.137. The molecule has 1 atom stereocenters. The second kappa shape index (κ2) is 7.09. The maximum atomic E-state index is 13.1. The highest BCUT2D eigenvalue weighted by Gasteiger charge is 2.19. The number of halogens is 1. The van der Waals surface area contributed by atoms with Crippen LogP contribution in [0.15, 0.2) is 60.8 Å². The van der Waals surface area contributed by atoms with Crippen LogP contribution in [0.4, 0.5) is 4.39 Å². The van der Waals surface area contributed by atoms with Crippen LogP contribution in [-0.4, -0.2) is 22.0 Å². The van der Waals surface area contributed by atoms with E-state index in [4.69, 9.17) is 5.11 Å². The molecule has 0 fully saturated rings. The minimum absolute atomic E-state index is 0.299. The minimum Gasteiger partial charge on any atom is -0.481 e. The molecule has 1 aromatic heterocycles. The zero-order valence-corrected chi connectivity index (χ0v) is 13.1. The number of carbonyl (C=O) groups is 2. The van der Waals surface area contributed by atoms with Crippen molar-refractivity contribution in [2.45, 2.75) is 12.5 Å². The van der Waals surface area contributed by atoms with Gasteiger partial charge in [0.15, 0.2) is 0 Å². The SMILES string of the molecule is O=C(O)C[C@H](NC(=O)c1ccc2ncccc2c1)c1ccc(F)cc1. The molecule has 25 heavy (non-hydrogen) atoms. The van der Waals surface area contributed by atoms with E-state index in [1.54, 1.807) is 30.5 Å². The second-order valence-electron chi connectivity index (χ2n) is 5.59. The van der Waals surface area contributed by atoms with Crippen LogP contribution >= 0.6 is 0 Å². The Balaban J connectivity index is 1.85. The Morgan fingerprint density at radius 1 is 1.12 bits per heavy atom. The monoisotopic (exact) mass is 338 g/mol. The van der Waals surface area contributed by atoms with Gasteiger partial charge in [0.25, 0.3) is 5.91 Å². The smallest absolute Gasteiger partial charge is 0.305 e. The van der Waals surface area contributed by atoms with Crippen LogP contribution in [0.25, 0.3) is 10.9 Å². The summed E-state index contributed by atoms with van der Waals surface area (Å²) in [5, 5.41) is 12.6. The first-order valence-corrected chi connectivity index (χ1v) is 7.66. The summed E-state index contributed by atoms with van der Waals surface area (Å²) in [5.41, 5.74) is 1.69. The van der Waals surface area contributed by atoms with Gasteiger partial charge in [-0.1, -0.05) is 18.2 Å². The van der Waals surface area contributed by atoms with Crippen LogP contribution in [0, 0.1) is 5.82 Å². The number of benzene rings is 2. The zero-order valence-electron chi connectivity index (χ0n) is 13.1. The van der Waals surface area contributed by atoms with Gasteiger partial charge in [-0.2, -0.15) is 0 Å². The molecule has 3 rings (SSSR count). The molecule has 2 aromatic carbocycles. The number of carbonyl (C=O) groups excluding carboxylic acids is 1. The fourth-order valence-electron chi connectivity index (χ4n) is 2.58. The lowest BCUT2D eigenvalue weighted by atomic mass is 10.0. The van der Waals surface area contributed by atoms with E-state index in [2.05, 4.69) is 10.3 Å². The quantitative estimate of drug-likeness (QED) is 0.748. The third kappa shape index (κ3) is 3.98. The van der Waals surface area contributed by atoms with Crippen LogP contribution in [0.5, 0.6) is 0 Å². The molecule has 0 aliphatic carbocycles. The van der Waals surface area contributed by atoms with Gasteiger partial charge in [0.2, 0.25) is 0 Å². The van der Waals surface area contributed by atoms with E-state index in [9.17, 15) is 14.0 Å². The normalized spacial score (nSPS) is 11.9. The number of nitrogens with zero attached hydrogens (tertiary/aromatic N) is 1. The molecule has 0 radical (unpaired) electrons. The Labute approximate surface area is 143 Å². The summed E-state index contributed by atoms with van der Waals surface area (Å²) in [4.78, 5) is 27.8. The van der Waals surface area contributed by atoms with E-state index in [1.165, 1.54) is 24.3 Å². The number of fused-ring (bicyclic) bond motifs is 1. The van der Waals surface area contributed by atoms with Crippen LogP contribution < -0.4 is 5.32 Å². The molecule has 0 bridgehead atoms. The highest BCUT2D eigenvalue weighted by molar-refractivity contribution is 5.98. The van der Waals surface area contributed by atoms with Crippen LogP contribution in [0.1, 0.15) is 28.4 Å². The summed E-state index contributed by atoms with van der Waals surface area (Å²) >= 11 is 0. The van der Waals surface area contributed by atoms with E-state index >= 15 is 0 Å². The van der Waals surface area contributed by atoms with E-state index in [0.717, 1.165) is 10.9 Å². The van der Waals surface area contributed by atoms with Crippen LogP contribution in [-0.2, 0) is 4.79 Å². The largest absolute Gasteiger partial charge is 0.481 e. The van der Waals surface area contributed by atoms with Gasteiger partial charge in [-0.05, 0) is 42.0 Å². The third-order valence-corrected chi connectivity index (χ3v) is 3.82. The van der Waals surface area contributed by atoms with Crippen molar-refractivity contribution in [3.05, 3.63) is 77.7 Å². The fourth-order valence-corrected chi connectivity index (χ4v) is 2.58. The standard InChI is InChI=1S/C19H15FN2O3/c20-15-6-3-12(4-7-15)17(11-18(23)24)22-19(25)14-5-8-16-13(10-14)2-1-9-21-16/h1-10,17H,11H2,(H,22,25)(H,23,24)/t17-/m0/s1. The summed E-state index contributed by atoms with van der Waals surface area (Å²) in [6.07, 6.45) is 1.37. The van der Waals surface area contributed by atoms with Crippen LogP contribution in [0.2, 0.25) is 0 Å². The lowest BCUT2D eigenvalue weighted by Gasteiger charge is -2.17. The first kappa shape index (κ1) is 16.6. The number of nitrogens with one attached hydrogen (secondary N) is 1. The third-order valence-electron chi connectivity index (χ3n) is 3.82. The molecule has 0 unspecified atom stereocenters. The van der Waals surface area contributed by atoms with Gasteiger partial charge in [-0.3, -0.25) is 14.6 Å². The van der Waals surface area contributed by atoms with Gasteiger partial charge in [0.1, 0.15) is 5.82 Å². The number of rotatable bonds is 5. The summed E-state index contributed by atoms with van der Waals surface area (Å²) in [7, 11) is 0. The zero-order chi connectivity index (χ0) is 17.8. The molecule has 1 amide bonds. The Bertz CT molecular complexity index is 925. The molecular formula is C19H15FN2O3. The molecule has 5 nitrogen and oxygen atoms in total. The van der Waals surface area contributed by atoms with E-state index < -0.39 is 23.7 Å². The number of pyridine rings is 1. The number of aromatic nitrogens is 1. The van der Waals surface area contributed by atoms with Gasteiger partial charge in [-0.15, -0.1) is 0 Å². The van der Waals surface area contributed by atoms with Crippen molar-refractivity contribution in [1.82, 2.24) is 10.3 Å². The van der Waals surface area contributed by atoms with Crippen molar-refractivity contribution in [2.75, 3.05) is 0 Å². The predicted molar refractivity (Wildman–Crippen MR) is 90.6 cm³/mol. The molecule has 0 saturated carbocycles. The van der Waals surface area contributed by atoms with Gasteiger partial charge < -0.3 is 10.4 Å². The molecule has 3 aromatic rings. The average molecular weight is 338 g/mol. The van der Waals surface area contributed by atoms with Gasteiger partial charge >= 0.3 is 5.97 Å². The maximum Gasteiger partial charge on any atom is 0.305 e. The van der Waals surface area contributed by atoms with Crippen molar-refractivity contribution >= 4 is 22.8 Å². The Kier molecular flexibility index (Phi) is 4.70. The lowest BCUT2D eigenvalue weighted by Crippen LogP contribution is -2.30. The van der Waals surface area contributed by atoms with Crippen molar-refractivity contribution in [1.29, 1.82) is 0 Å². The molecular weight excluding hydrogens is 323 g/mol. The molecule has 0 aliphatic heterocycles. The first-order chi connectivity index (χ1) is 12.0. The van der Waals surface area contributed by atoms with Crippen LogP contribution in [0.3, 0.4) is 0 Å². The van der Waals surface area contributed by atoms with Crippen molar-refractivity contribution in [2.24, 2.45) is 0 Å².